The molecule has 0 aromatic rings. The molecule has 0 fully saturated rings. The topological polar surface area (TPSA) is 37.3 Å². The van der Waals surface area contributed by atoms with E-state index in [0.29, 0.717) is 0 Å². The molecule has 0 saturated heterocycles. The summed E-state index contributed by atoms with van der Waals surface area (Å²) in [5.74, 6) is -0.833. The molecular weight excluding hydrogens is 128 g/mol. The first kappa shape index (κ1) is 11.9. The van der Waals surface area contributed by atoms with E-state index in [1.54, 1.807) is 0 Å². The van der Waals surface area contributed by atoms with E-state index in [0.717, 1.165) is 6.92 Å². The van der Waals surface area contributed by atoms with Crippen molar-refractivity contribution in [3.8, 4) is 0 Å². The van der Waals surface area contributed by atoms with E-state index < -0.39 is 5.97 Å². The predicted octanol–water partition coefficient (Wildman–Crippen LogP) is 2.27. The van der Waals surface area contributed by atoms with E-state index in [4.69, 9.17) is 9.90 Å². The summed E-state index contributed by atoms with van der Waals surface area (Å²) >= 11 is 0. The molecule has 0 spiro atoms. The number of aliphatic carboxylic acids is 1. The Morgan fingerprint density at radius 2 is 2.10 bits per heavy atom. The second kappa shape index (κ2) is 11.1. The van der Waals surface area contributed by atoms with Gasteiger partial charge in [-0.2, -0.15) is 0 Å². The van der Waals surface area contributed by atoms with Crippen molar-refractivity contribution in [1.29, 1.82) is 0 Å². The van der Waals surface area contributed by atoms with Crippen molar-refractivity contribution in [1.82, 2.24) is 0 Å². The minimum atomic E-state index is -0.833. The van der Waals surface area contributed by atoms with Crippen molar-refractivity contribution in [2.75, 3.05) is 0 Å². The first-order valence-electron chi connectivity index (χ1n) is 3.28. The molecule has 0 amide bonds. The molecule has 10 heavy (non-hydrogen) atoms. The third kappa shape index (κ3) is 56.9. The molecule has 0 heterocycles. The Morgan fingerprint density at radius 3 is 2.20 bits per heavy atom. The van der Waals surface area contributed by atoms with Gasteiger partial charge in [-0.25, -0.2) is 0 Å². The highest BCUT2D eigenvalue weighted by atomic mass is 16.4. The van der Waals surface area contributed by atoms with Crippen LogP contribution >= 0.6 is 0 Å². The smallest absolute Gasteiger partial charge is 0.300 e. The van der Waals surface area contributed by atoms with E-state index in [1.165, 1.54) is 12.8 Å². The minimum Gasteiger partial charge on any atom is -0.481 e. The zero-order valence-corrected chi connectivity index (χ0v) is 6.63. The Morgan fingerprint density at radius 1 is 1.70 bits per heavy atom. The van der Waals surface area contributed by atoms with Crippen molar-refractivity contribution < 1.29 is 9.90 Å². The number of carbonyl (C=O) groups is 1. The number of unbranched alkanes of at least 4 members (excludes halogenated alkanes) is 1. The fourth-order valence-electron chi connectivity index (χ4n) is 0.285. The average molecular weight is 143 g/mol. The predicted molar refractivity (Wildman–Crippen MR) is 42.7 cm³/mol. The highest BCUT2D eigenvalue weighted by molar-refractivity contribution is 5.62. The summed E-state index contributed by atoms with van der Waals surface area (Å²) in [5, 5.41) is 7.42. The van der Waals surface area contributed by atoms with Crippen molar-refractivity contribution in [3.63, 3.8) is 0 Å². The van der Waals surface area contributed by atoms with Gasteiger partial charge in [-0.1, -0.05) is 25.5 Å². The third-order valence-corrected chi connectivity index (χ3v) is 0.622. The van der Waals surface area contributed by atoms with Gasteiger partial charge in [0.1, 0.15) is 0 Å². The van der Waals surface area contributed by atoms with E-state index in [-0.39, 0.29) is 0 Å². The summed E-state index contributed by atoms with van der Waals surface area (Å²) in [6, 6.07) is 0. The maximum absolute atomic E-state index is 9.00. The quantitative estimate of drug-likeness (QED) is 0.643. The lowest BCUT2D eigenvalue weighted by molar-refractivity contribution is -0.134. The molecule has 59 valence electrons. The second-order valence-corrected chi connectivity index (χ2v) is 1.78. The zero-order valence-electron chi connectivity index (χ0n) is 6.63. The molecule has 1 N–H and O–H groups in total. The summed E-state index contributed by atoms with van der Waals surface area (Å²) < 4.78 is 0. The molecular formula is C8H15O2. The average Bonchev–Trinajstić information content (AvgIpc) is 1.82. The lowest BCUT2D eigenvalue weighted by Gasteiger charge is -1.76. The van der Waals surface area contributed by atoms with Crippen LogP contribution in [0.5, 0.6) is 0 Å². The summed E-state index contributed by atoms with van der Waals surface area (Å²) in [6.07, 6.45) is 6.30. The molecule has 0 aromatic carbocycles. The fourth-order valence-corrected chi connectivity index (χ4v) is 0.285. The molecule has 0 aliphatic carbocycles. The fraction of sp³-hybridized carbons (Fsp3) is 0.500. The van der Waals surface area contributed by atoms with Gasteiger partial charge in [-0.05, 0) is 13.3 Å². The summed E-state index contributed by atoms with van der Waals surface area (Å²) in [6.45, 7) is 6.78. The molecule has 2 nitrogen and oxygen atoms in total. The van der Waals surface area contributed by atoms with Crippen LogP contribution in [-0.2, 0) is 4.79 Å². The van der Waals surface area contributed by atoms with Gasteiger partial charge in [-0.15, -0.1) is 0 Å². The maximum Gasteiger partial charge on any atom is 0.300 e. The van der Waals surface area contributed by atoms with Gasteiger partial charge in [0.15, 0.2) is 0 Å². The number of hydrogen-bond donors (Lipinski definition) is 1. The minimum absolute atomic E-state index is 0.833. The Labute approximate surface area is 62.6 Å². The van der Waals surface area contributed by atoms with E-state index in [2.05, 4.69) is 19.9 Å². The molecule has 0 unspecified atom stereocenters. The monoisotopic (exact) mass is 143 g/mol. The lowest BCUT2D eigenvalue weighted by Crippen LogP contribution is -1.78. The van der Waals surface area contributed by atoms with Gasteiger partial charge in [0.2, 0.25) is 0 Å². The zero-order chi connectivity index (χ0) is 8.41. The first-order chi connectivity index (χ1) is 4.65. The van der Waals surface area contributed by atoms with Crippen molar-refractivity contribution in [3.05, 3.63) is 19.1 Å². The Kier molecular flexibility index (Phi) is 13.2. The van der Waals surface area contributed by atoms with E-state index >= 15 is 0 Å². The Hall–Kier alpha value is -0.790. The van der Waals surface area contributed by atoms with Crippen LogP contribution in [0.3, 0.4) is 0 Å². The summed E-state index contributed by atoms with van der Waals surface area (Å²) in [7, 11) is 0. The van der Waals surface area contributed by atoms with Crippen molar-refractivity contribution in [2.45, 2.75) is 26.7 Å². The number of carboxylic acids is 1. The van der Waals surface area contributed by atoms with Crippen LogP contribution in [0.15, 0.2) is 12.2 Å². The molecule has 0 aliphatic heterocycles. The number of rotatable bonds is 2. The highest BCUT2D eigenvalue weighted by Gasteiger charge is 1.65. The third-order valence-electron chi connectivity index (χ3n) is 0.622. The van der Waals surface area contributed by atoms with Gasteiger partial charge in [-0.3, -0.25) is 4.79 Å². The molecule has 0 saturated carbocycles. The standard InChI is InChI=1S/C6H11.C2H4O2/c1-3-5-6-4-2;1-2(3)4/h3,5H,1,4,6H2,2H3;1H3,(H,3,4)/b5-3+;. The van der Waals surface area contributed by atoms with Crippen LogP contribution < -0.4 is 0 Å². The Bertz CT molecular complexity index is 91.4. The first-order valence-corrected chi connectivity index (χ1v) is 3.28. The second-order valence-electron chi connectivity index (χ2n) is 1.78. The van der Waals surface area contributed by atoms with Crippen molar-refractivity contribution >= 4 is 5.97 Å². The van der Waals surface area contributed by atoms with Crippen LogP contribution in [0.2, 0.25) is 0 Å². The largest absolute Gasteiger partial charge is 0.481 e. The molecule has 1 radical (unpaired) electrons. The number of allylic oxidation sites excluding steroid dienone is 2. The Balaban J connectivity index is 0. The normalized spacial score (nSPS) is 8.70. The maximum atomic E-state index is 9.00. The summed E-state index contributed by atoms with van der Waals surface area (Å²) in [5.41, 5.74) is 0. The van der Waals surface area contributed by atoms with Crippen LogP contribution in [0.4, 0.5) is 0 Å². The van der Waals surface area contributed by atoms with Crippen LogP contribution in [0.1, 0.15) is 26.7 Å². The highest BCUT2D eigenvalue weighted by Crippen LogP contribution is 1.85. The molecule has 0 aliphatic rings. The summed E-state index contributed by atoms with van der Waals surface area (Å²) in [4.78, 5) is 9.00. The van der Waals surface area contributed by atoms with Gasteiger partial charge >= 0.3 is 0 Å². The molecule has 0 bridgehead atoms. The number of hydrogen-bond acceptors (Lipinski definition) is 1. The number of carboxylic acid groups (broad SMARTS) is 1. The lowest BCUT2D eigenvalue weighted by atomic mass is 10.3. The van der Waals surface area contributed by atoms with Crippen LogP contribution in [-0.4, -0.2) is 11.1 Å². The molecule has 2 heteroatoms. The van der Waals surface area contributed by atoms with E-state index in [9.17, 15) is 0 Å². The molecule has 0 aromatic heterocycles. The van der Waals surface area contributed by atoms with Gasteiger partial charge in [0.05, 0.1) is 0 Å². The molecule has 0 atom stereocenters. The van der Waals surface area contributed by atoms with Gasteiger partial charge < -0.3 is 5.11 Å². The SMILES string of the molecule is CC(=O)O.[CH2]/C=C/CCC. The van der Waals surface area contributed by atoms with Gasteiger partial charge in [0, 0.05) is 6.92 Å². The van der Waals surface area contributed by atoms with Crippen molar-refractivity contribution in [2.24, 2.45) is 0 Å². The van der Waals surface area contributed by atoms with Gasteiger partial charge in [0.25, 0.3) is 5.97 Å². The van der Waals surface area contributed by atoms with E-state index in [1.807, 2.05) is 6.08 Å². The molecule has 0 rings (SSSR count). The van der Waals surface area contributed by atoms with Crippen LogP contribution in [0.25, 0.3) is 0 Å². The van der Waals surface area contributed by atoms with Crippen LogP contribution in [0, 0.1) is 6.92 Å².